The minimum absolute atomic E-state index is 0.0140. The Bertz CT molecular complexity index is 1030. The van der Waals surface area contributed by atoms with Gasteiger partial charge in [-0.25, -0.2) is 4.98 Å². The van der Waals surface area contributed by atoms with Gasteiger partial charge in [0.15, 0.2) is 5.13 Å². The van der Waals surface area contributed by atoms with Crippen molar-refractivity contribution >= 4 is 39.7 Å². The highest BCUT2D eigenvalue weighted by Gasteiger charge is 2.14. The Kier molecular flexibility index (Phi) is 5.75. The van der Waals surface area contributed by atoms with Crippen LogP contribution in [0, 0.1) is 17.0 Å². The van der Waals surface area contributed by atoms with Gasteiger partial charge in [-0.3, -0.25) is 25.0 Å². The fraction of sp³-hybridized carbons (Fsp3) is 0.105. The molecule has 0 saturated carbocycles. The summed E-state index contributed by atoms with van der Waals surface area (Å²) in [5.74, 6) is -0.631. The zero-order valence-electron chi connectivity index (χ0n) is 14.8. The van der Waals surface area contributed by atoms with E-state index in [1.165, 1.54) is 23.5 Å². The van der Waals surface area contributed by atoms with Crippen LogP contribution in [0.2, 0.25) is 0 Å². The van der Waals surface area contributed by atoms with Crippen LogP contribution in [0.15, 0.2) is 53.9 Å². The van der Waals surface area contributed by atoms with Crippen LogP contribution in [0.5, 0.6) is 0 Å². The molecule has 2 N–H and O–H groups in total. The number of amides is 2. The van der Waals surface area contributed by atoms with E-state index in [1.807, 2.05) is 6.07 Å². The molecule has 0 unspecified atom stereocenters. The molecule has 8 nitrogen and oxygen atoms in total. The van der Waals surface area contributed by atoms with Gasteiger partial charge in [0, 0.05) is 23.1 Å². The molecule has 2 amide bonds. The number of benzene rings is 2. The fourth-order valence-electron chi connectivity index (χ4n) is 2.42. The van der Waals surface area contributed by atoms with Crippen molar-refractivity contribution in [1.82, 2.24) is 4.98 Å². The monoisotopic (exact) mass is 396 g/mol. The predicted molar refractivity (Wildman–Crippen MR) is 107 cm³/mol. The summed E-state index contributed by atoms with van der Waals surface area (Å²) in [5.41, 5.74) is 2.01. The van der Waals surface area contributed by atoms with Gasteiger partial charge in [0.25, 0.3) is 11.6 Å². The van der Waals surface area contributed by atoms with Gasteiger partial charge in [-0.15, -0.1) is 11.3 Å². The second kappa shape index (κ2) is 8.40. The van der Waals surface area contributed by atoms with Crippen LogP contribution in [-0.2, 0) is 11.2 Å². The summed E-state index contributed by atoms with van der Waals surface area (Å²) < 4.78 is 0. The number of hydrogen-bond donors (Lipinski definition) is 2. The molecule has 0 fully saturated rings. The number of nitrogens with one attached hydrogen (secondary N) is 2. The molecule has 1 aromatic heterocycles. The van der Waals surface area contributed by atoms with Crippen LogP contribution in [0.25, 0.3) is 0 Å². The molecule has 1 heterocycles. The molecule has 28 heavy (non-hydrogen) atoms. The number of nitrogens with zero attached hydrogens (tertiary/aromatic N) is 2. The average Bonchev–Trinajstić information content (AvgIpc) is 3.10. The first kappa shape index (κ1) is 19.2. The standard InChI is InChI=1S/C19H16N4O4S/c1-12-7-8-15(23(26)27)10-16(12)21-17(24)9-14-11-28-19(20-14)22-18(25)13-5-3-2-4-6-13/h2-8,10-11H,9H2,1H3,(H,21,24)(H,20,22,25). The Balaban J connectivity index is 1.62. The van der Waals surface area contributed by atoms with Gasteiger partial charge in [0.05, 0.1) is 22.7 Å². The number of carbonyl (C=O) groups excluding carboxylic acids is 2. The molecule has 0 spiro atoms. The summed E-state index contributed by atoms with van der Waals surface area (Å²) >= 11 is 1.22. The zero-order chi connectivity index (χ0) is 20.1. The Labute approximate surface area is 164 Å². The molecular weight excluding hydrogens is 380 g/mol. The predicted octanol–water partition coefficient (Wildman–Crippen LogP) is 3.79. The fourth-order valence-corrected chi connectivity index (χ4v) is 3.13. The maximum Gasteiger partial charge on any atom is 0.271 e. The molecule has 0 aliphatic rings. The Morgan fingerprint density at radius 1 is 1.14 bits per heavy atom. The average molecular weight is 396 g/mol. The Morgan fingerprint density at radius 3 is 2.61 bits per heavy atom. The van der Waals surface area contributed by atoms with Crippen molar-refractivity contribution in [3.05, 3.63) is 80.8 Å². The van der Waals surface area contributed by atoms with Crippen LogP contribution in [0.1, 0.15) is 21.6 Å². The minimum Gasteiger partial charge on any atom is -0.325 e. The summed E-state index contributed by atoms with van der Waals surface area (Å²) in [6.07, 6.45) is -0.0140. The van der Waals surface area contributed by atoms with E-state index < -0.39 is 4.92 Å². The molecule has 142 valence electrons. The van der Waals surface area contributed by atoms with E-state index in [0.717, 1.165) is 0 Å². The molecule has 0 atom stereocenters. The molecule has 0 aliphatic heterocycles. The molecule has 0 radical (unpaired) electrons. The summed E-state index contributed by atoms with van der Waals surface area (Å²) in [7, 11) is 0. The summed E-state index contributed by atoms with van der Waals surface area (Å²) in [6.45, 7) is 1.75. The SMILES string of the molecule is Cc1ccc([N+](=O)[O-])cc1NC(=O)Cc1csc(NC(=O)c2ccccc2)n1. The third-order valence-electron chi connectivity index (χ3n) is 3.86. The van der Waals surface area contributed by atoms with E-state index in [2.05, 4.69) is 15.6 Å². The van der Waals surface area contributed by atoms with Crippen molar-refractivity contribution < 1.29 is 14.5 Å². The molecular formula is C19H16N4O4S. The number of nitro groups is 1. The van der Waals surface area contributed by atoms with Crippen LogP contribution in [0.4, 0.5) is 16.5 Å². The summed E-state index contributed by atoms with van der Waals surface area (Å²) in [6, 6.07) is 13.0. The molecule has 3 rings (SSSR count). The van der Waals surface area contributed by atoms with Crippen LogP contribution >= 0.6 is 11.3 Å². The third kappa shape index (κ3) is 4.77. The smallest absolute Gasteiger partial charge is 0.271 e. The first-order valence-corrected chi connectivity index (χ1v) is 9.16. The van der Waals surface area contributed by atoms with Gasteiger partial charge in [-0.1, -0.05) is 24.3 Å². The van der Waals surface area contributed by atoms with Crippen molar-refractivity contribution in [2.75, 3.05) is 10.6 Å². The van der Waals surface area contributed by atoms with Crippen molar-refractivity contribution in [1.29, 1.82) is 0 Å². The van der Waals surface area contributed by atoms with Crippen LogP contribution in [-0.4, -0.2) is 21.7 Å². The van der Waals surface area contributed by atoms with Crippen molar-refractivity contribution in [2.24, 2.45) is 0 Å². The van der Waals surface area contributed by atoms with Gasteiger partial charge in [0.1, 0.15) is 0 Å². The second-order valence-electron chi connectivity index (χ2n) is 5.95. The quantitative estimate of drug-likeness (QED) is 0.486. The lowest BCUT2D eigenvalue weighted by Gasteiger charge is -2.07. The highest BCUT2D eigenvalue weighted by atomic mass is 32.1. The highest BCUT2D eigenvalue weighted by Crippen LogP contribution is 2.22. The molecule has 3 aromatic rings. The maximum atomic E-state index is 12.3. The van der Waals surface area contributed by atoms with E-state index >= 15 is 0 Å². The lowest BCUT2D eigenvalue weighted by molar-refractivity contribution is -0.384. The minimum atomic E-state index is -0.517. The molecule has 0 saturated heterocycles. The summed E-state index contributed by atoms with van der Waals surface area (Å²) in [4.78, 5) is 39.0. The van der Waals surface area contributed by atoms with E-state index in [0.29, 0.717) is 27.6 Å². The van der Waals surface area contributed by atoms with Crippen LogP contribution in [0.3, 0.4) is 0 Å². The number of nitro benzene ring substituents is 1. The zero-order valence-corrected chi connectivity index (χ0v) is 15.7. The summed E-state index contributed by atoms with van der Waals surface area (Å²) in [5, 5.41) is 18.3. The van der Waals surface area contributed by atoms with Crippen molar-refractivity contribution in [3.8, 4) is 0 Å². The normalized spacial score (nSPS) is 10.3. The Morgan fingerprint density at radius 2 is 1.89 bits per heavy atom. The van der Waals surface area contributed by atoms with Crippen LogP contribution < -0.4 is 10.6 Å². The lowest BCUT2D eigenvalue weighted by Crippen LogP contribution is -2.16. The third-order valence-corrected chi connectivity index (χ3v) is 4.66. The number of anilines is 2. The van der Waals surface area contributed by atoms with Gasteiger partial charge in [-0.2, -0.15) is 0 Å². The largest absolute Gasteiger partial charge is 0.325 e. The molecule has 0 bridgehead atoms. The molecule has 0 aliphatic carbocycles. The van der Waals surface area contributed by atoms with E-state index in [-0.39, 0.29) is 23.9 Å². The first-order valence-electron chi connectivity index (χ1n) is 8.28. The van der Waals surface area contributed by atoms with Gasteiger partial charge < -0.3 is 5.32 Å². The number of aryl methyl sites for hydroxylation is 1. The van der Waals surface area contributed by atoms with E-state index in [4.69, 9.17) is 0 Å². The molecule has 9 heteroatoms. The number of rotatable bonds is 6. The van der Waals surface area contributed by atoms with Gasteiger partial charge >= 0.3 is 0 Å². The van der Waals surface area contributed by atoms with Gasteiger partial charge in [0.2, 0.25) is 5.91 Å². The number of carbonyl (C=O) groups is 2. The lowest BCUT2D eigenvalue weighted by atomic mass is 10.1. The van der Waals surface area contributed by atoms with Crippen molar-refractivity contribution in [2.45, 2.75) is 13.3 Å². The van der Waals surface area contributed by atoms with E-state index in [9.17, 15) is 19.7 Å². The Hall–Kier alpha value is -3.59. The number of hydrogen-bond acceptors (Lipinski definition) is 6. The maximum absolute atomic E-state index is 12.3. The molecule has 2 aromatic carbocycles. The number of thiazole rings is 1. The number of aromatic nitrogens is 1. The highest BCUT2D eigenvalue weighted by molar-refractivity contribution is 7.14. The second-order valence-corrected chi connectivity index (χ2v) is 6.80. The number of non-ortho nitro benzene ring substituents is 1. The van der Waals surface area contributed by atoms with Gasteiger partial charge in [-0.05, 0) is 24.6 Å². The van der Waals surface area contributed by atoms with Crippen molar-refractivity contribution in [3.63, 3.8) is 0 Å². The topological polar surface area (TPSA) is 114 Å². The first-order chi connectivity index (χ1) is 13.4. The van der Waals surface area contributed by atoms with E-state index in [1.54, 1.807) is 42.6 Å².